The summed E-state index contributed by atoms with van der Waals surface area (Å²) in [6.45, 7) is 4.78. The molecule has 7 heteroatoms. The van der Waals surface area contributed by atoms with Crippen molar-refractivity contribution < 1.29 is 34.2 Å². The lowest BCUT2D eigenvalue weighted by molar-refractivity contribution is -0.923. The van der Waals surface area contributed by atoms with Crippen LogP contribution in [0.1, 0.15) is 110 Å². The van der Waals surface area contributed by atoms with Crippen LogP contribution in [0.15, 0.2) is 12.2 Å². The third kappa shape index (κ3) is 20.4. The Morgan fingerprint density at radius 3 is 1.36 bits per heavy atom. The first-order chi connectivity index (χ1) is 15.8. The van der Waals surface area contributed by atoms with Crippen molar-refractivity contribution in [3.63, 3.8) is 0 Å². The van der Waals surface area contributed by atoms with Gasteiger partial charge >= 0.3 is 17.9 Å². The summed E-state index contributed by atoms with van der Waals surface area (Å²) >= 11 is 0. The number of rotatable bonds is 24. The maximum Gasteiger partial charge on any atom is 0.303 e. The Bertz CT molecular complexity index is 511. The van der Waals surface area contributed by atoms with Gasteiger partial charge in [0.05, 0.1) is 45.4 Å². The summed E-state index contributed by atoms with van der Waals surface area (Å²) in [7, 11) is 0. The molecule has 0 bridgehead atoms. The molecule has 33 heavy (non-hydrogen) atoms. The predicted octanol–water partition coefficient (Wildman–Crippen LogP) is 5.87. The zero-order valence-electron chi connectivity index (χ0n) is 20.8. The van der Waals surface area contributed by atoms with Crippen LogP contribution in [0.3, 0.4) is 0 Å². The molecule has 0 spiro atoms. The third-order valence-corrected chi connectivity index (χ3v) is 6.20. The Morgan fingerprint density at radius 2 is 0.970 bits per heavy atom. The second kappa shape index (κ2) is 20.7. The molecule has 0 atom stereocenters. The number of allylic oxidation sites excluding steroid dienone is 1. The van der Waals surface area contributed by atoms with Gasteiger partial charge in [-0.15, -0.1) is 0 Å². The zero-order valence-corrected chi connectivity index (χ0v) is 20.8. The molecular formula is C26H48NO6+. The Labute approximate surface area is 200 Å². The van der Waals surface area contributed by atoms with E-state index < -0.39 is 17.9 Å². The van der Waals surface area contributed by atoms with Crippen molar-refractivity contribution in [1.29, 1.82) is 0 Å². The quantitative estimate of drug-likeness (QED) is 0.0923. The molecule has 0 aromatic rings. The van der Waals surface area contributed by atoms with Crippen LogP contribution in [0, 0.1) is 0 Å². The van der Waals surface area contributed by atoms with E-state index in [0.29, 0.717) is 49.9 Å². The molecular weight excluding hydrogens is 422 g/mol. The fraction of sp³-hybridized carbons (Fsp3) is 0.808. The number of hydrogen-bond acceptors (Lipinski definition) is 3. The van der Waals surface area contributed by atoms with Gasteiger partial charge in [-0.3, -0.25) is 14.4 Å². The van der Waals surface area contributed by atoms with Gasteiger partial charge in [0.1, 0.15) is 0 Å². The molecule has 0 unspecified atom stereocenters. The third-order valence-electron chi connectivity index (χ3n) is 6.20. The summed E-state index contributed by atoms with van der Waals surface area (Å²) in [4.78, 5) is 33.0. The van der Waals surface area contributed by atoms with Gasteiger partial charge in [0.2, 0.25) is 0 Å². The molecule has 0 heterocycles. The Balaban J connectivity index is 4.62. The van der Waals surface area contributed by atoms with E-state index in [-0.39, 0.29) is 19.3 Å². The minimum absolute atomic E-state index is 0.0695. The molecule has 0 saturated heterocycles. The maximum absolute atomic E-state index is 11.0. The number of hydrogen-bond donors (Lipinski definition) is 3. The Hall–Kier alpha value is -1.89. The lowest BCUT2D eigenvalue weighted by Gasteiger charge is -2.38. The van der Waals surface area contributed by atoms with E-state index in [1.165, 1.54) is 51.4 Å². The summed E-state index contributed by atoms with van der Waals surface area (Å²) in [5, 5.41) is 27.1. The van der Waals surface area contributed by atoms with E-state index in [0.717, 1.165) is 12.8 Å². The summed E-state index contributed by atoms with van der Waals surface area (Å²) in [5.74, 6) is -2.53. The first-order valence-electron chi connectivity index (χ1n) is 13.0. The minimum atomic E-state index is -0.843. The molecule has 0 aliphatic heterocycles. The summed E-state index contributed by atoms with van der Waals surface area (Å²) in [6, 6.07) is 0. The molecule has 3 N–H and O–H groups in total. The van der Waals surface area contributed by atoms with Gasteiger partial charge in [-0.1, -0.05) is 64.4 Å². The topological polar surface area (TPSA) is 112 Å². The standard InChI is InChI=1S/C26H47NO6/c1-2-3-4-5-6-7-8-9-10-11-12-13-20-27(21-14-17-24(28)29,22-15-18-25(30)31)23-16-19-26(32)33/h12-13H,2-11,14-23H2,1H3,(H2-,28,29,30,31,32,33)/p+1/b13-12+. The van der Waals surface area contributed by atoms with Crippen molar-refractivity contribution >= 4 is 17.9 Å². The smallest absolute Gasteiger partial charge is 0.303 e. The number of carbonyl (C=O) groups is 3. The normalized spacial score (nSPS) is 11.8. The minimum Gasteiger partial charge on any atom is -0.481 e. The molecule has 0 aromatic carbocycles. The fourth-order valence-corrected chi connectivity index (χ4v) is 4.30. The van der Waals surface area contributed by atoms with E-state index >= 15 is 0 Å². The lowest BCUT2D eigenvalue weighted by Crippen LogP contribution is -2.50. The van der Waals surface area contributed by atoms with Gasteiger partial charge in [-0.2, -0.15) is 0 Å². The Morgan fingerprint density at radius 1 is 0.576 bits per heavy atom. The van der Waals surface area contributed by atoms with Crippen LogP contribution in [0.25, 0.3) is 0 Å². The van der Waals surface area contributed by atoms with Crippen molar-refractivity contribution in [3.8, 4) is 0 Å². The van der Waals surface area contributed by atoms with Gasteiger partial charge in [-0.25, -0.2) is 0 Å². The van der Waals surface area contributed by atoms with Crippen LogP contribution >= 0.6 is 0 Å². The van der Waals surface area contributed by atoms with E-state index in [9.17, 15) is 14.4 Å². The van der Waals surface area contributed by atoms with Crippen LogP contribution in [0.4, 0.5) is 0 Å². The number of nitrogens with zero attached hydrogens (tertiary/aromatic N) is 1. The molecule has 0 rings (SSSR count). The second-order valence-corrected chi connectivity index (χ2v) is 9.28. The zero-order chi connectivity index (χ0) is 24.8. The van der Waals surface area contributed by atoms with Crippen LogP contribution in [0.5, 0.6) is 0 Å². The first-order valence-corrected chi connectivity index (χ1v) is 13.0. The highest BCUT2D eigenvalue weighted by Gasteiger charge is 2.26. The van der Waals surface area contributed by atoms with Gasteiger partial charge in [0.25, 0.3) is 0 Å². The van der Waals surface area contributed by atoms with Crippen LogP contribution < -0.4 is 0 Å². The molecule has 0 saturated carbocycles. The highest BCUT2D eigenvalue weighted by molar-refractivity contribution is 5.67. The lowest BCUT2D eigenvalue weighted by atomic mass is 10.1. The molecule has 0 radical (unpaired) electrons. The van der Waals surface area contributed by atoms with Gasteiger partial charge in [0, 0.05) is 19.3 Å². The number of quaternary nitrogens is 1. The second-order valence-electron chi connectivity index (χ2n) is 9.28. The monoisotopic (exact) mass is 470 g/mol. The number of unbranched alkanes of at least 4 members (excludes halogenated alkanes) is 9. The van der Waals surface area contributed by atoms with Crippen LogP contribution in [0.2, 0.25) is 0 Å². The number of aliphatic carboxylic acids is 3. The van der Waals surface area contributed by atoms with Gasteiger partial charge in [0.15, 0.2) is 0 Å². The largest absolute Gasteiger partial charge is 0.481 e. The van der Waals surface area contributed by atoms with E-state index in [1.54, 1.807) is 0 Å². The number of carboxylic acid groups (broad SMARTS) is 3. The SMILES string of the molecule is CCCCCCCCCCC/C=C/C[N+](CCCC(=O)O)(CCCC(=O)O)CCCC(=O)O. The van der Waals surface area contributed by atoms with Crippen molar-refractivity contribution in [2.45, 2.75) is 110 Å². The molecule has 0 aromatic heterocycles. The summed E-state index contributed by atoms with van der Waals surface area (Å²) in [5.41, 5.74) is 0. The van der Waals surface area contributed by atoms with Crippen LogP contribution in [-0.4, -0.2) is 63.9 Å². The fourth-order valence-electron chi connectivity index (χ4n) is 4.30. The first kappa shape index (κ1) is 31.1. The molecule has 0 aliphatic carbocycles. The van der Waals surface area contributed by atoms with E-state index in [2.05, 4.69) is 19.1 Å². The Kier molecular flexibility index (Phi) is 19.5. The summed E-state index contributed by atoms with van der Waals surface area (Å²) < 4.78 is 0.558. The van der Waals surface area contributed by atoms with Crippen LogP contribution in [-0.2, 0) is 14.4 Å². The molecule has 192 valence electrons. The van der Waals surface area contributed by atoms with E-state index in [4.69, 9.17) is 15.3 Å². The molecule has 0 fully saturated rings. The van der Waals surface area contributed by atoms with Crippen molar-refractivity contribution in [2.75, 3.05) is 26.2 Å². The maximum atomic E-state index is 11.0. The average Bonchev–Trinajstić information content (AvgIpc) is 2.73. The van der Waals surface area contributed by atoms with Gasteiger partial charge < -0.3 is 19.8 Å². The molecule has 7 nitrogen and oxygen atoms in total. The molecule has 0 aliphatic rings. The summed E-state index contributed by atoms with van der Waals surface area (Å²) in [6.07, 6.45) is 18.7. The predicted molar refractivity (Wildman–Crippen MR) is 131 cm³/mol. The highest BCUT2D eigenvalue weighted by atomic mass is 16.4. The van der Waals surface area contributed by atoms with E-state index in [1.807, 2.05) is 0 Å². The van der Waals surface area contributed by atoms with Gasteiger partial charge in [-0.05, 0) is 18.9 Å². The van der Waals surface area contributed by atoms with Crippen molar-refractivity contribution in [1.82, 2.24) is 0 Å². The number of carboxylic acids is 3. The molecule has 0 amide bonds. The van der Waals surface area contributed by atoms with Crippen molar-refractivity contribution in [3.05, 3.63) is 12.2 Å². The highest BCUT2D eigenvalue weighted by Crippen LogP contribution is 2.16. The van der Waals surface area contributed by atoms with Crippen molar-refractivity contribution in [2.24, 2.45) is 0 Å². The average molecular weight is 471 g/mol.